The highest BCUT2D eigenvalue weighted by atomic mass is 35.5. The zero-order valence-electron chi connectivity index (χ0n) is 45.8. The Kier molecular flexibility index (Phi) is 20.6. The Morgan fingerprint density at radius 1 is 0.610 bits per heavy atom. The molecule has 39 heteroatoms. The molecule has 82 heavy (non-hydrogen) atoms. The summed E-state index contributed by atoms with van der Waals surface area (Å²) in [6, 6.07) is 4.01. The number of aliphatic hydroxyl groups is 8. The lowest BCUT2D eigenvalue weighted by atomic mass is 9.97. The van der Waals surface area contributed by atoms with Crippen LogP contribution in [-0.2, 0) is 18.9 Å². The highest BCUT2D eigenvalue weighted by Gasteiger charge is 2.59. The fourth-order valence-electron chi connectivity index (χ4n) is 8.34. The maximum atomic E-state index is 14.4. The first kappa shape index (κ1) is 60.9. The summed E-state index contributed by atoms with van der Waals surface area (Å²) in [6.07, 6.45) is -17.1. The Labute approximate surface area is 465 Å². The zero-order chi connectivity index (χ0) is 63.7. The van der Waals surface area contributed by atoms with Gasteiger partial charge in [0.15, 0.2) is 49.6 Å². The fraction of sp³-hybridized carbons (Fsp3) is 0.628. The van der Waals surface area contributed by atoms with Gasteiger partial charge in [0.2, 0.25) is 0 Å². The molecule has 0 spiro atoms. The highest BCUT2D eigenvalue weighted by Crippen LogP contribution is 2.42. The molecule has 16 atom stereocenters. The molecule has 0 aliphatic carbocycles. The lowest BCUT2D eigenvalue weighted by Gasteiger charge is -2.27. The van der Waals surface area contributed by atoms with Crippen molar-refractivity contribution in [2.45, 2.75) is 117 Å². The summed E-state index contributed by atoms with van der Waals surface area (Å²) in [5.74, 6) is -0.296. The Hall–Kier alpha value is -7.22. The van der Waals surface area contributed by atoms with Gasteiger partial charge < -0.3 is 59.8 Å². The van der Waals surface area contributed by atoms with E-state index in [4.69, 9.17) is 56.7 Å². The molecule has 448 valence electrons. The maximum Gasteiger partial charge on any atom is 0.349 e. The van der Waals surface area contributed by atoms with Crippen molar-refractivity contribution >= 4 is 11.6 Å². The number of hydrogen-bond donors (Lipinski definition) is 10. The maximum absolute atomic E-state index is 14.4. The first-order valence-corrected chi connectivity index (χ1v) is 24.1. The van der Waals surface area contributed by atoms with E-state index >= 15 is 0 Å². The lowest BCUT2D eigenvalue weighted by molar-refractivity contribution is -0.122. The van der Waals surface area contributed by atoms with Gasteiger partial charge in [-0.25, -0.2) is 36.7 Å². The molecule has 0 aromatic carbocycles. The topological polar surface area (TPSA) is 511 Å². The summed E-state index contributed by atoms with van der Waals surface area (Å²) in [4.78, 5) is 67.4. The molecule has 8 rings (SSSR count). The molecule has 0 saturated carbocycles. The molecule has 0 bridgehead atoms. The van der Waals surface area contributed by atoms with Gasteiger partial charge in [0.25, 0.3) is 0 Å². The molecular weight excluding hydrogens is 1140 g/mol. The molecule has 0 radical (unpaired) electrons. The van der Waals surface area contributed by atoms with Crippen LogP contribution in [0, 0.1) is 26.2 Å². The molecule has 10 N–H and O–H groups in total. The summed E-state index contributed by atoms with van der Waals surface area (Å²) >= 11 is 5.63. The van der Waals surface area contributed by atoms with E-state index in [1.165, 1.54) is 36.8 Å². The number of ether oxygens (including phenoxy) is 4. The van der Waals surface area contributed by atoms with E-state index in [0.29, 0.717) is 21.6 Å². The average Bonchev–Trinajstić information content (AvgIpc) is 2.54. The highest BCUT2D eigenvalue weighted by molar-refractivity contribution is 6.18. The van der Waals surface area contributed by atoms with Crippen LogP contribution in [-0.4, -0.2) is 202 Å². The van der Waals surface area contributed by atoms with Gasteiger partial charge in [0, 0.05) is 56.6 Å². The van der Waals surface area contributed by atoms with E-state index in [1.54, 1.807) is 20.8 Å². The van der Waals surface area contributed by atoms with Crippen molar-refractivity contribution in [2.24, 2.45) is 15.3 Å². The lowest BCUT2D eigenvalue weighted by Crippen LogP contribution is -2.48. The summed E-state index contributed by atoms with van der Waals surface area (Å²) in [5.41, 5.74) is 14.8. The van der Waals surface area contributed by atoms with E-state index in [-0.39, 0.29) is 11.9 Å². The van der Waals surface area contributed by atoms with Crippen molar-refractivity contribution in [3.05, 3.63) is 145 Å². The third-order valence-corrected chi connectivity index (χ3v) is 13.4. The van der Waals surface area contributed by atoms with Gasteiger partial charge in [-0.05, 0) is 61.6 Å². The number of azide groups is 3. The Bertz CT molecular complexity index is 3480. The standard InChI is InChI=1S/C11H14ClFN2O4.2C11H14FN5O4.C10H13FN6O4/c1-6-2-3-15(10(18)14-6)9-7(13)8(17)11(4-12,5-16)19-9;2*1-6-2-3-17(10(20)15-6)9-7(12)8(19)11(5-18,21-9)4-14-16-13;11-6-7(19)10(4-18,3-14-16-13)21-8(6)17-2-1-5(12)15-9(17)20/h2-3,7-9,16-17H,4-5H2,1H3;2*2-3,7-9,18-19H,4-5H2,1H3;1-2,6-8,18-19H,3-4H2,(H2,12,15,20)/t3*7-,8+,9-,11-;6-,7+,8-,10-/m1111/s1/i;5D2;;1D. The number of nitrogens with one attached hydrogen (secondary N) is 2. The van der Waals surface area contributed by atoms with Gasteiger partial charge in [-0.15, -0.1) is 11.6 Å². The number of aryl methyl sites for hydroxylation is 3. The summed E-state index contributed by atoms with van der Waals surface area (Å²) in [6.45, 7) is -2.61. The molecule has 4 aliphatic heterocycles. The van der Waals surface area contributed by atoms with Crippen molar-refractivity contribution in [1.29, 1.82) is 5.41 Å². The molecule has 0 amide bonds. The third-order valence-electron chi connectivity index (χ3n) is 13.0. The van der Waals surface area contributed by atoms with Gasteiger partial charge in [0.05, 0.1) is 56.0 Å². The number of rotatable bonds is 15. The predicted molar refractivity (Wildman–Crippen MR) is 267 cm³/mol. The number of aromatic nitrogens is 8. The minimum atomic E-state index is -3.23. The molecule has 4 fully saturated rings. The summed E-state index contributed by atoms with van der Waals surface area (Å²) < 4.78 is 104. The molecule has 4 saturated heterocycles. The van der Waals surface area contributed by atoms with Crippen molar-refractivity contribution < 1.29 is 81.5 Å². The van der Waals surface area contributed by atoms with Gasteiger partial charge in [-0.3, -0.25) is 28.7 Å². The SMILES string of the molecule is Cc1ccn([C@@H]2O[C@@](CO)(CCl)[C@@H](O)[C@H]2F)c(=O)n1.Cc1ccn([C@@H]2O[C@@](CO)(CN=[N+]=[N-])[C@@H](O)[C@H]2F)c(=O)n1.[2H]C([2H])(O)[C@@]1(CN=[N+]=[N-])O[C@@H](n2ccc(C)nc2=O)[C@H](F)[C@@H]1O.[2H]c1cn([C@@H]2O[C@@](CO)(CN=[N+]=[N-])[C@@H](O)[C@H]2F)c(=O)[nH]c1=N. The van der Waals surface area contributed by atoms with Crippen LogP contribution in [0.1, 0.15) is 46.1 Å². The molecule has 4 aliphatic rings. The van der Waals surface area contributed by atoms with Crippen LogP contribution in [0.2, 0.25) is 0 Å². The Morgan fingerprint density at radius 3 is 1.22 bits per heavy atom. The number of aromatic amines is 1. The van der Waals surface area contributed by atoms with Gasteiger partial charge in [-0.1, -0.05) is 15.3 Å². The minimum Gasteiger partial charge on any atom is -0.393 e. The van der Waals surface area contributed by atoms with Crippen LogP contribution in [0.15, 0.2) is 83.5 Å². The number of alkyl halides is 5. The second-order valence-electron chi connectivity index (χ2n) is 18.3. The largest absolute Gasteiger partial charge is 0.393 e. The van der Waals surface area contributed by atoms with Crippen LogP contribution in [0.3, 0.4) is 0 Å². The molecule has 4 aromatic heterocycles. The van der Waals surface area contributed by atoms with Crippen LogP contribution < -0.4 is 28.2 Å². The quantitative estimate of drug-likeness (QED) is 0.0209. The fourth-order valence-corrected chi connectivity index (χ4v) is 8.64. The molecule has 0 unspecified atom stereocenters. The van der Waals surface area contributed by atoms with Crippen molar-refractivity contribution in [2.75, 3.05) is 51.9 Å². The summed E-state index contributed by atoms with van der Waals surface area (Å²) in [7, 11) is 0. The first-order valence-electron chi connectivity index (χ1n) is 25.1. The second kappa shape index (κ2) is 27.7. The van der Waals surface area contributed by atoms with E-state index in [9.17, 15) is 77.6 Å². The predicted octanol–water partition coefficient (Wildman–Crippen LogP) is -1.68. The first-order chi connectivity index (χ1) is 39.9. The number of hydrogen-bond acceptors (Lipinski definition) is 23. The molecular formula is C43H55ClF4N18O16. The van der Waals surface area contributed by atoms with E-state index in [0.717, 1.165) is 19.9 Å². The Balaban J connectivity index is 0.000000208. The molecule has 34 nitrogen and oxygen atoms in total. The molecule has 8 heterocycles. The van der Waals surface area contributed by atoms with Crippen molar-refractivity contribution in [3.8, 4) is 0 Å². The van der Waals surface area contributed by atoms with E-state index < -0.39 is 171 Å². The monoisotopic (exact) mass is 1190 g/mol. The van der Waals surface area contributed by atoms with Gasteiger partial charge in [-0.2, -0.15) is 15.0 Å². The Morgan fingerprint density at radius 2 is 0.915 bits per heavy atom. The van der Waals surface area contributed by atoms with Crippen molar-refractivity contribution in [1.82, 2.24) is 38.2 Å². The van der Waals surface area contributed by atoms with Crippen LogP contribution in [0.25, 0.3) is 31.3 Å². The van der Waals surface area contributed by atoms with Crippen LogP contribution in [0.5, 0.6) is 0 Å². The van der Waals surface area contributed by atoms with Crippen LogP contribution in [0.4, 0.5) is 17.6 Å². The number of halogens is 5. The van der Waals surface area contributed by atoms with Gasteiger partial charge >= 0.3 is 22.8 Å². The van der Waals surface area contributed by atoms with Crippen molar-refractivity contribution in [3.63, 3.8) is 0 Å². The van der Waals surface area contributed by atoms with Crippen LogP contribution >= 0.6 is 11.6 Å². The van der Waals surface area contributed by atoms with Gasteiger partial charge in [0.1, 0.15) is 52.3 Å². The van der Waals surface area contributed by atoms with E-state index in [2.05, 4.69) is 45.0 Å². The minimum absolute atomic E-state index is 0.296. The number of H-pyrrole nitrogens is 1. The number of aliphatic hydroxyl groups excluding tert-OH is 7. The second-order valence-corrected chi connectivity index (χ2v) is 18.6. The zero-order valence-corrected chi connectivity index (χ0v) is 43.6. The third kappa shape index (κ3) is 13.5. The number of nitrogens with zero attached hydrogens (tertiary/aromatic N) is 16. The summed E-state index contributed by atoms with van der Waals surface area (Å²) in [5, 5.41) is 94.1. The average molecular weight is 1190 g/mol. The van der Waals surface area contributed by atoms with E-state index in [1.807, 2.05) is 4.98 Å². The molecule has 4 aromatic rings. The smallest absolute Gasteiger partial charge is 0.349 e. The normalized spacial score (nSPS) is 33.2.